The zero-order valence-electron chi connectivity index (χ0n) is 11.5. The number of methoxy groups -OCH3 is 1. The fraction of sp³-hybridized carbons (Fsp3) is 0.333. The van der Waals surface area contributed by atoms with E-state index in [0.29, 0.717) is 17.3 Å². The second-order valence-corrected chi connectivity index (χ2v) is 5.12. The number of H-pyrrole nitrogens is 1. The molecule has 1 aromatic carbocycles. The van der Waals surface area contributed by atoms with Crippen LogP contribution in [-0.4, -0.2) is 31.2 Å². The van der Waals surface area contributed by atoms with Gasteiger partial charge in [-0.05, 0) is 37.1 Å². The van der Waals surface area contributed by atoms with Crippen LogP contribution >= 0.6 is 0 Å². The van der Waals surface area contributed by atoms with E-state index in [4.69, 9.17) is 4.74 Å². The molecule has 104 valence electrons. The molecule has 0 saturated heterocycles. The molecule has 3 rings (SSSR count). The largest absolute Gasteiger partial charge is 0.465 e. The van der Waals surface area contributed by atoms with Crippen LogP contribution in [0.15, 0.2) is 29.1 Å². The standard InChI is InChI=1S/C15H16N2O3/c1-17(11-4-5-11)13-8-10-7-9(15(19)20-2)3-6-12(10)16-14(13)18/h3,6-8,11H,4-5H2,1-2H3,(H,16,18). The summed E-state index contributed by atoms with van der Waals surface area (Å²) in [7, 11) is 3.28. The molecule has 1 heterocycles. The Bertz CT molecular complexity index is 731. The number of carbonyl (C=O) groups is 1. The molecule has 5 heteroatoms. The number of hydrogen-bond donors (Lipinski definition) is 1. The van der Waals surface area contributed by atoms with Crippen LogP contribution in [-0.2, 0) is 4.74 Å². The van der Waals surface area contributed by atoms with Crippen molar-refractivity contribution in [3.63, 3.8) is 0 Å². The number of fused-ring (bicyclic) bond motifs is 1. The van der Waals surface area contributed by atoms with Crippen molar-refractivity contribution in [2.24, 2.45) is 0 Å². The average molecular weight is 272 g/mol. The lowest BCUT2D eigenvalue weighted by atomic mass is 10.1. The van der Waals surface area contributed by atoms with Gasteiger partial charge in [-0.2, -0.15) is 0 Å². The third kappa shape index (κ3) is 2.15. The number of nitrogens with zero attached hydrogens (tertiary/aromatic N) is 1. The molecule has 1 aromatic heterocycles. The van der Waals surface area contributed by atoms with Crippen molar-refractivity contribution in [3.05, 3.63) is 40.2 Å². The van der Waals surface area contributed by atoms with Crippen molar-refractivity contribution < 1.29 is 9.53 Å². The summed E-state index contributed by atoms with van der Waals surface area (Å²) in [5, 5.41) is 0.829. The number of hydrogen-bond acceptors (Lipinski definition) is 4. The highest BCUT2D eigenvalue weighted by atomic mass is 16.5. The van der Waals surface area contributed by atoms with Crippen LogP contribution in [0, 0.1) is 0 Å². The quantitative estimate of drug-likeness (QED) is 0.867. The molecule has 1 N–H and O–H groups in total. The summed E-state index contributed by atoms with van der Waals surface area (Å²) in [5.74, 6) is -0.379. The second kappa shape index (κ2) is 4.67. The molecule has 1 aliphatic carbocycles. The van der Waals surface area contributed by atoms with E-state index in [0.717, 1.165) is 23.7 Å². The summed E-state index contributed by atoms with van der Waals surface area (Å²) in [5.41, 5.74) is 1.74. The zero-order valence-corrected chi connectivity index (χ0v) is 11.5. The number of benzene rings is 1. The lowest BCUT2D eigenvalue weighted by Gasteiger charge is -2.17. The normalized spacial score (nSPS) is 14.3. The summed E-state index contributed by atoms with van der Waals surface area (Å²) in [6, 6.07) is 7.40. The third-order valence-electron chi connectivity index (χ3n) is 3.72. The highest BCUT2D eigenvalue weighted by molar-refractivity contribution is 5.95. The third-order valence-corrected chi connectivity index (χ3v) is 3.72. The molecule has 1 aliphatic rings. The predicted octanol–water partition coefficient (Wildman–Crippen LogP) is 1.91. The van der Waals surface area contributed by atoms with Gasteiger partial charge >= 0.3 is 5.97 Å². The number of rotatable bonds is 3. The fourth-order valence-corrected chi connectivity index (χ4v) is 2.36. The van der Waals surface area contributed by atoms with Crippen LogP contribution in [0.2, 0.25) is 0 Å². The predicted molar refractivity (Wildman–Crippen MR) is 77.3 cm³/mol. The first kappa shape index (κ1) is 12.7. The number of esters is 1. The minimum atomic E-state index is -0.379. The van der Waals surface area contributed by atoms with Gasteiger partial charge in [-0.25, -0.2) is 4.79 Å². The van der Waals surface area contributed by atoms with E-state index < -0.39 is 0 Å². The molecular formula is C15H16N2O3. The van der Waals surface area contributed by atoms with Crippen molar-refractivity contribution in [1.82, 2.24) is 4.98 Å². The second-order valence-electron chi connectivity index (χ2n) is 5.12. The molecule has 0 atom stereocenters. The molecule has 0 bridgehead atoms. The molecule has 0 radical (unpaired) electrons. The maximum atomic E-state index is 12.1. The molecule has 0 unspecified atom stereocenters. The Balaban J connectivity index is 2.11. The smallest absolute Gasteiger partial charge is 0.337 e. The van der Waals surface area contributed by atoms with Gasteiger partial charge in [0.2, 0.25) is 0 Å². The van der Waals surface area contributed by atoms with Gasteiger partial charge in [-0.1, -0.05) is 0 Å². The van der Waals surface area contributed by atoms with Crippen molar-refractivity contribution in [3.8, 4) is 0 Å². The van der Waals surface area contributed by atoms with Crippen molar-refractivity contribution >= 4 is 22.6 Å². The van der Waals surface area contributed by atoms with Gasteiger partial charge in [0.25, 0.3) is 5.56 Å². The number of nitrogens with one attached hydrogen (secondary N) is 1. The van der Waals surface area contributed by atoms with Gasteiger partial charge in [0.05, 0.1) is 12.7 Å². The Labute approximate surface area is 116 Å². The number of pyridine rings is 1. The molecule has 0 spiro atoms. The maximum absolute atomic E-state index is 12.1. The summed E-state index contributed by atoms with van der Waals surface area (Å²) >= 11 is 0. The number of aromatic nitrogens is 1. The first-order chi connectivity index (χ1) is 9.60. The van der Waals surface area contributed by atoms with Crippen molar-refractivity contribution in [2.75, 3.05) is 19.1 Å². The lowest BCUT2D eigenvalue weighted by Crippen LogP contribution is -2.26. The molecule has 1 fully saturated rings. The van der Waals surface area contributed by atoms with E-state index in [-0.39, 0.29) is 11.5 Å². The van der Waals surface area contributed by atoms with E-state index in [1.807, 2.05) is 18.0 Å². The van der Waals surface area contributed by atoms with Gasteiger partial charge in [-0.15, -0.1) is 0 Å². The molecule has 1 saturated carbocycles. The highest BCUT2D eigenvalue weighted by Crippen LogP contribution is 2.29. The van der Waals surface area contributed by atoms with E-state index in [9.17, 15) is 9.59 Å². The van der Waals surface area contributed by atoms with Gasteiger partial charge in [0.15, 0.2) is 0 Å². The van der Waals surface area contributed by atoms with Gasteiger partial charge in [-0.3, -0.25) is 4.79 Å². The topological polar surface area (TPSA) is 62.4 Å². The summed E-state index contributed by atoms with van der Waals surface area (Å²) in [6.45, 7) is 0. The molecule has 5 nitrogen and oxygen atoms in total. The zero-order chi connectivity index (χ0) is 14.3. The molecule has 0 amide bonds. The average Bonchev–Trinajstić information content (AvgIpc) is 3.29. The summed E-state index contributed by atoms with van der Waals surface area (Å²) < 4.78 is 4.71. The van der Waals surface area contributed by atoms with E-state index in [1.165, 1.54) is 7.11 Å². The number of anilines is 1. The van der Waals surface area contributed by atoms with Gasteiger partial charge in [0, 0.05) is 24.0 Å². The minimum Gasteiger partial charge on any atom is -0.465 e. The van der Waals surface area contributed by atoms with Crippen LogP contribution in [0.3, 0.4) is 0 Å². The van der Waals surface area contributed by atoms with Gasteiger partial charge < -0.3 is 14.6 Å². The first-order valence-corrected chi connectivity index (χ1v) is 6.58. The Morgan fingerprint density at radius 3 is 2.75 bits per heavy atom. The van der Waals surface area contributed by atoms with Crippen LogP contribution in [0.5, 0.6) is 0 Å². The van der Waals surface area contributed by atoms with Crippen LogP contribution in [0.25, 0.3) is 10.9 Å². The molecular weight excluding hydrogens is 256 g/mol. The Morgan fingerprint density at radius 2 is 2.10 bits per heavy atom. The number of ether oxygens (including phenoxy) is 1. The van der Waals surface area contributed by atoms with E-state index >= 15 is 0 Å². The Morgan fingerprint density at radius 1 is 1.35 bits per heavy atom. The van der Waals surface area contributed by atoms with Crippen molar-refractivity contribution in [2.45, 2.75) is 18.9 Å². The molecule has 20 heavy (non-hydrogen) atoms. The Hall–Kier alpha value is -2.30. The number of carbonyl (C=O) groups excluding carboxylic acids is 1. The van der Waals surface area contributed by atoms with Crippen LogP contribution < -0.4 is 10.5 Å². The SMILES string of the molecule is COC(=O)c1ccc2[nH]c(=O)c(N(C)C3CC3)cc2c1. The first-order valence-electron chi connectivity index (χ1n) is 6.58. The van der Waals surface area contributed by atoms with Crippen LogP contribution in [0.1, 0.15) is 23.2 Å². The number of aromatic amines is 1. The summed E-state index contributed by atoms with van der Waals surface area (Å²) in [4.78, 5) is 28.5. The fourth-order valence-electron chi connectivity index (χ4n) is 2.36. The molecule has 2 aromatic rings. The highest BCUT2D eigenvalue weighted by Gasteiger charge is 2.27. The Kier molecular flexibility index (Phi) is 2.97. The van der Waals surface area contributed by atoms with E-state index in [2.05, 4.69) is 4.98 Å². The molecule has 0 aliphatic heterocycles. The van der Waals surface area contributed by atoms with Crippen LogP contribution in [0.4, 0.5) is 5.69 Å². The maximum Gasteiger partial charge on any atom is 0.337 e. The lowest BCUT2D eigenvalue weighted by molar-refractivity contribution is 0.0601. The summed E-state index contributed by atoms with van der Waals surface area (Å²) in [6.07, 6.45) is 2.24. The van der Waals surface area contributed by atoms with Crippen molar-refractivity contribution in [1.29, 1.82) is 0 Å². The minimum absolute atomic E-state index is 0.0993. The van der Waals surface area contributed by atoms with E-state index in [1.54, 1.807) is 18.2 Å². The van der Waals surface area contributed by atoms with Gasteiger partial charge in [0.1, 0.15) is 5.69 Å². The monoisotopic (exact) mass is 272 g/mol.